The Morgan fingerprint density at radius 2 is 1.53 bits per heavy atom. The van der Waals surface area contributed by atoms with Gasteiger partial charge in [0, 0.05) is 0 Å². The van der Waals surface area contributed by atoms with Gasteiger partial charge in [0.2, 0.25) is 0 Å². The summed E-state index contributed by atoms with van der Waals surface area (Å²) >= 11 is 0. The van der Waals surface area contributed by atoms with Gasteiger partial charge in [0.05, 0.1) is 0 Å². The van der Waals surface area contributed by atoms with E-state index in [0.717, 1.165) is 41.4 Å². The molecule has 0 aromatic rings. The second-order valence-corrected chi connectivity index (χ2v) is 12.2. The lowest BCUT2D eigenvalue weighted by Crippen LogP contribution is -2.23. The van der Waals surface area contributed by atoms with Crippen LogP contribution in [0.3, 0.4) is 0 Å². The van der Waals surface area contributed by atoms with Crippen LogP contribution in [-0.4, -0.2) is 0 Å². The molecule has 0 aromatic heterocycles. The van der Waals surface area contributed by atoms with Gasteiger partial charge in [0.15, 0.2) is 0 Å². The summed E-state index contributed by atoms with van der Waals surface area (Å²) in [5.41, 5.74) is 1.83. The summed E-state index contributed by atoms with van der Waals surface area (Å²) in [5, 5.41) is 0. The predicted octanol–water partition coefficient (Wildman–Crippen LogP) is 11.0. The fraction of sp³-hybridized carbons (Fsp3) is 0.765. The molecule has 0 heteroatoms. The Bertz CT molecular complexity index is 662. The lowest BCUT2D eigenvalue weighted by atomic mass is 9.70. The minimum absolute atomic E-state index is 0.678. The zero-order valence-corrected chi connectivity index (χ0v) is 23.9. The molecule has 2 aliphatic rings. The minimum atomic E-state index is 0.678. The van der Waals surface area contributed by atoms with Gasteiger partial charge in [-0.15, -0.1) is 0 Å². The fourth-order valence-electron chi connectivity index (χ4n) is 6.52. The number of allylic oxidation sites excluding steroid dienone is 8. The number of hydrogen-bond acceptors (Lipinski definition) is 0. The van der Waals surface area contributed by atoms with Crippen molar-refractivity contribution in [3.8, 4) is 0 Å². The maximum atomic E-state index is 2.78. The molecule has 0 amide bonds. The first kappa shape index (κ1) is 29.2. The van der Waals surface area contributed by atoms with E-state index in [-0.39, 0.29) is 0 Å². The maximum absolute atomic E-state index is 2.78. The molecule has 0 saturated heterocycles. The lowest BCUT2D eigenvalue weighted by Gasteiger charge is -2.35. The molecule has 0 nitrogen and oxygen atoms in total. The highest BCUT2D eigenvalue weighted by molar-refractivity contribution is 5.17. The highest BCUT2D eigenvalue weighted by Crippen LogP contribution is 2.41. The molecule has 8 atom stereocenters. The monoisotopic (exact) mass is 466 g/mol. The van der Waals surface area contributed by atoms with E-state index < -0.39 is 0 Å². The quantitative estimate of drug-likeness (QED) is 0.223. The Labute approximate surface area is 214 Å². The number of hydrogen-bond donors (Lipinski definition) is 0. The van der Waals surface area contributed by atoms with Crippen molar-refractivity contribution >= 4 is 0 Å². The minimum Gasteiger partial charge on any atom is -0.0914 e. The van der Waals surface area contributed by atoms with Crippen LogP contribution < -0.4 is 0 Å². The van der Waals surface area contributed by atoms with Crippen LogP contribution in [0.25, 0.3) is 0 Å². The Kier molecular flexibility index (Phi) is 13.6. The third-order valence-corrected chi connectivity index (χ3v) is 9.14. The summed E-state index contributed by atoms with van der Waals surface area (Å²) in [7, 11) is 0. The molecule has 194 valence electrons. The average Bonchev–Trinajstić information content (AvgIpc) is 2.83. The van der Waals surface area contributed by atoms with E-state index >= 15 is 0 Å². The molecule has 0 bridgehead atoms. The molecule has 0 spiro atoms. The fourth-order valence-corrected chi connectivity index (χ4v) is 6.52. The molecule has 0 aliphatic heterocycles. The second kappa shape index (κ2) is 15.9. The zero-order chi connectivity index (χ0) is 24.9. The molecular formula is C34H58. The Morgan fingerprint density at radius 1 is 0.824 bits per heavy atom. The Balaban J connectivity index is 1.89. The summed E-state index contributed by atoms with van der Waals surface area (Å²) in [6.07, 6.45) is 32.1. The third-order valence-electron chi connectivity index (χ3n) is 9.14. The van der Waals surface area contributed by atoms with E-state index in [0.29, 0.717) is 5.92 Å². The summed E-state index contributed by atoms with van der Waals surface area (Å²) in [6.45, 7) is 16.6. The zero-order valence-electron chi connectivity index (χ0n) is 23.9. The van der Waals surface area contributed by atoms with Gasteiger partial charge < -0.3 is 0 Å². The van der Waals surface area contributed by atoms with Crippen molar-refractivity contribution in [2.24, 2.45) is 47.3 Å². The topological polar surface area (TPSA) is 0 Å². The smallest absolute Gasteiger partial charge is 0.00533 e. The van der Waals surface area contributed by atoms with E-state index in [1.807, 2.05) is 5.57 Å². The van der Waals surface area contributed by atoms with Crippen molar-refractivity contribution in [3.63, 3.8) is 0 Å². The van der Waals surface area contributed by atoms with Crippen molar-refractivity contribution in [1.82, 2.24) is 0 Å². The van der Waals surface area contributed by atoms with Crippen molar-refractivity contribution in [2.75, 3.05) is 0 Å². The second-order valence-electron chi connectivity index (χ2n) is 12.2. The summed E-state index contributed by atoms with van der Waals surface area (Å²) in [6, 6.07) is 0. The van der Waals surface area contributed by atoms with Crippen LogP contribution in [0.4, 0.5) is 0 Å². The van der Waals surface area contributed by atoms with Gasteiger partial charge >= 0.3 is 0 Å². The molecule has 34 heavy (non-hydrogen) atoms. The lowest BCUT2D eigenvalue weighted by molar-refractivity contribution is 0.293. The molecule has 0 saturated carbocycles. The van der Waals surface area contributed by atoms with Gasteiger partial charge in [-0.1, -0.05) is 102 Å². The van der Waals surface area contributed by atoms with Crippen LogP contribution in [0.15, 0.2) is 48.1 Å². The van der Waals surface area contributed by atoms with Gasteiger partial charge in [-0.3, -0.25) is 0 Å². The molecule has 8 unspecified atom stereocenters. The molecule has 2 rings (SSSR count). The van der Waals surface area contributed by atoms with Crippen LogP contribution in [0.2, 0.25) is 0 Å². The Hall–Kier alpha value is -1.04. The van der Waals surface area contributed by atoms with Gasteiger partial charge in [-0.2, -0.15) is 0 Å². The molecule has 0 N–H and O–H groups in total. The van der Waals surface area contributed by atoms with Crippen LogP contribution in [0.5, 0.6) is 0 Å². The van der Waals surface area contributed by atoms with Crippen LogP contribution >= 0.6 is 0 Å². The highest BCUT2D eigenvalue weighted by atomic mass is 14.3. The standard InChI is InChI=1S/C34H58/c1-8-11-26(4)14-16-28(6)29(7)17-15-27(5)24-34-25-33(23-22-31(34)13-10-3)32-20-18-30(12-9-2)19-21-32/h8-9,11-12,18,20,25-33H,10,13-17,19,21-24H2,1-7H3. The van der Waals surface area contributed by atoms with Crippen molar-refractivity contribution in [1.29, 1.82) is 0 Å². The van der Waals surface area contributed by atoms with Crippen LogP contribution in [0, 0.1) is 47.3 Å². The summed E-state index contributed by atoms with van der Waals surface area (Å²) < 4.78 is 0. The normalized spacial score (nSPS) is 29.3. The molecule has 0 radical (unpaired) electrons. The van der Waals surface area contributed by atoms with E-state index in [9.17, 15) is 0 Å². The first-order valence-corrected chi connectivity index (χ1v) is 15.0. The van der Waals surface area contributed by atoms with E-state index in [4.69, 9.17) is 0 Å². The first-order chi connectivity index (χ1) is 16.4. The summed E-state index contributed by atoms with van der Waals surface area (Å²) in [5.74, 6) is 6.34. The van der Waals surface area contributed by atoms with Gasteiger partial charge in [0.1, 0.15) is 0 Å². The van der Waals surface area contributed by atoms with Gasteiger partial charge in [0.25, 0.3) is 0 Å². The van der Waals surface area contributed by atoms with E-state index in [2.05, 4.69) is 91.0 Å². The average molecular weight is 467 g/mol. The maximum Gasteiger partial charge on any atom is -0.00533 e. The Morgan fingerprint density at radius 3 is 2.15 bits per heavy atom. The summed E-state index contributed by atoms with van der Waals surface area (Å²) in [4.78, 5) is 0. The highest BCUT2D eigenvalue weighted by Gasteiger charge is 2.28. The van der Waals surface area contributed by atoms with Crippen molar-refractivity contribution in [3.05, 3.63) is 48.1 Å². The molecule has 0 fully saturated rings. The van der Waals surface area contributed by atoms with Gasteiger partial charge in [-0.05, 0) is 113 Å². The predicted molar refractivity (Wildman–Crippen MR) is 154 cm³/mol. The SMILES string of the molecule is CC=CC(C)CCC(C)C(C)CCC(C)CC1=CC(C2C=CC(C=CC)CC2)CCC1CCC. The number of rotatable bonds is 14. The molecule has 0 aromatic carbocycles. The van der Waals surface area contributed by atoms with E-state index in [1.54, 1.807) is 0 Å². The van der Waals surface area contributed by atoms with E-state index in [1.165, 1.54) is 70.6 Å². The van der Waals surface area contributed by atoms with Crippen LogP contribution in [0.1, 0.15) is 119 Å². The van der Waals surface area contributed by atoms with Gasteiger partial charge in [-0.25, -0.2) is 0 Å². The molecule has 2 aliphatic carbocycles. The molecule has 0 heterocycles. The molecular weight excluding hydrogens is 408 g/mol. The third kappa shape index (κ3) is 9.91. The van der Waals surface area contributed by atoms with Crippen molar-refractivity contribution in [2.45, 2.75) is 119 Å². The van der Waals surface area contributed by atoms with Crippen LogP contribution in [-0.2, 0) is 0 Å². The largest absolute Gasteiger partial charge is 0.0914 e. The first-order valence-electron chi connectivity index (χ1n) is 15.0. The van der Waals surface area contributed by atoms with Crippen molar-refractivity contribution < 1.29 is 0 Å².